The van der Waals surface area contributed by atoms with E-state index in [0.29, 0.717) is 0 Å². The van der Waals surface area contributed by atoms with Crippen molar-refractivity contribution >= 4 is 5.97 Å². The monoisotopic (exact) mass is 192 g/mol. The molecule has 5 atom stereocenters. The Morgan fingerprint density at radius 2 is 1.77 bits per heavy atom. The molecule has 0 aliphatic carbocycles. The predicted octanol–water partition coefficient (Wildman–Crippen LogP) is -1.85. The van der Waals surface area contributed by atoms with E-state index in [1.807, 2.05) is 0 Å². The first-order valence-corrected chi connectivity index (χ1v) is 3.87. The van der Waals surface area contributed by atoms with Gasteiger partial charge in [-0.1, -0.05) is 6.92 Å². The molecular weight excluding hydrogens is 180 g/mol. The van der Waals surface area contributed by atoms with Crippen LogP contribution in [-0.2, 0) is 9.53 Å². The smallest absolute Gasteiger partial charge is 0.335 e. The first-order chi connectivity index (χ1) is 5.95. The highest BCUT2D eigenvalue weighted by Gasteiger charge is 2.44. The lowest BCUT2D eigenvalue weighted by atomic mass is 9.92. The van der Waals surface area contributed by atoms with Gasteiger partial charge in [-0.15, -0.1) is 0 Å². The summed E-state index contributed by atoms with van der Waals surface area (Å²) >= 11 is 0. The molecule has 3 unspecified atom stereocenters. The normalized spacial score (nSPS) is 46.0. The van der Waals surface area contributed by atoms with E-state index in [1.165, 1.54) is 6.92 Å². The van der Waals surface area contributed by atoms with Gasteiger partial charge in [0.05, 0.1) is 6.10 Å². The van der Waals surface area contributed by atoms with Crippen molar-refractivity contribution in [3.8, 4) is 0 Å². The SMILES string of the molecule is CC1C(O)[C@H](O)C(C(=O)O)O[C@H]1O. The zero-order chi connectivity index (χ0) is 10.2. The molecule has 4 N–H and O–H groups in total. The molecule has 0 aromatic carbocycles. The summed E-state index contributed by atoms with van der Waals surface area (Å²) in [4.78, 5) is 10.5. The van der Waals surface area contributed by atoms with Crippen molar-refractivity contribution in [2.45, 2.75) is 31.5 Å². The molecule has 1 heterocycles. The highest BCUT2D eigenvalue weighted by Crippen LogP contribution is 2.24. The molecule has 1 aliphatic heterocycles. The first kappa shape index (κ1) is 10.4. The summed E-state index contributed by atoms with van der Waals surface area (Å²) in [5, 5.41) is 36.2. The van der Waals surface area contributed by atoms with Crippen LogP contribution in [-0.4, -0.2) is 51.0 Å². The van der Waals surface area contributed by atoms with E-state index in [0.717, 1.165) is 0 Å². The number of carboxylic acid groups (broad SMARTS) is 1. The average molecular weight is 192 g/mol. The molecule has 6 nitrogen and oxygen atoms in total. The van der Waals surface area contributed by atoms with E-state index in [-0.39, 0.29) is 0 Å². The summed E-state index contributed by atoms with van der Waals surface area (Å²) in [5.74, 6) is -2.11. The van der Waals surface area contributed by atoms with Gasteiger partial charge in [-0.2, -0.15) is 0 Å². The zero-order valence-corrected chi connectivity index (χ0v) is 6.99. The molecule has 0 radical (unpaired) electrons. The number of hydrogen-bond acceptors (Lipinski definition) is 5. The molecule has 1 saturated heterocycles. The maximum atomic E-state index is 10.5. The number of carboxylic acids is 1. The average Bonchev–Trinajstić information content (AvgIpc) is 2.07. The van der Waals surface area contributed by atoms with Crippen molar-refractivity contribution in [1.29, 1.82) is 0 Å². The lowest BCUT2D eigenvalue weighted by Crippen LogP contribution is -2.56. The van der Waals surface area contributed by atoms with Crippen molar-refractivity contribution in [3.05, 3.63) is 0 Å². The number of hydrogen-bond donors (Lipinski definition) is 4. The second-order valence-electron chi connectivity index (χ2n) is 3.13. The Bertz CT molecular complexity index is 205. The summed E-state index contributed by atoms with van der Waals surface area (Å²) in [6.45, 7) is 1.45. The van der Waals surface area contributed by atoms with Gasteiger partial charge in [0, 0.05) is 5.92 Å². The standard InChI is InChI=1S/C7H12O6/c1-2-3(8)4(9)5(6(10)11)13-7(2)12/h2-5,7-9,12H,1H3,(H,10,11)/t2?,3?,4-,5?,7+/m0/s1. The van der Waals surface area contributed by atoms with E-state index < -0.39 is 36.5 Å². The topological polar surface area (TPSA) is 107 Å². The van der Waals surface area contributed by atoms with Crippen LogP contribution in [0.2, 0.25) is 0 Å². The highest BCUT2D eigenvalue weighted by atomic mass is 16.6. The molecular formula is C7H12O6. The highest BCUT2D eigenvalue weighted by molar-refractivity contribution is 5.73. The molecule has 0 spiro atoms. The minimum Gasteiger partial charge on any atom is -0.479 e. The first-order valence-electron chi connectivity index (χ1n) is 3.87. The Morgan fingerprint density at radius 3 is 2.23 bits per heavy atom. The molecule has 6 heteroatoms. The summed E-state index contributed by atoms with van der Waals surface area (Å²) in [6.07, 6.45) is -5.72. The minimum absolute atomic E-state index is 0.703. The number of aliphatic hydroxyl groups is 3. The van der Waals surface area contributed by atoms with Crippen LogP contribution < -0.4 is 0 Å². The predicted molar refractivity (Wildman–Crippen MR) is 39.7 cm³/mol. The van der Waals surface area contributed by atoms with Crippen molar-refractivity contribution in [2.75, 3.05) is 0 Å². The second-order valence-corrected chi connectivity index (χ2v) is 3.13. The van der Waals surface area contributed by atoms with Gasteiger partial charge in [0.15, 0.2) is 12.4 Å². The van der Waals surface area contributed by atoms with Crippen molar-refractivity contribution < 1.29 is 30.0 Å². The third-order valence-electron chi connectivity index (χ3n) is 2.18. The zero-order valence-electron chi connectivity index (χ0n) is 6.99. The van der Waals surface area contributed by atoms with E-state index in [4.69, 9.17) is 10.2 Å². The molecule has 1 fully saturated rings. The maximum Gasteiger partial charge on any atom is 0.335 e. The fraction of sp³-hybridized carbons (Fsp3) is 0.857. The van der Waals surface area contributed by atoms with Gasteiger partial charge in [-0.3, -0.25) is 0 Å². The lowest BCUT2D eigenvalue weighted by Gasteiger charge is -2.37. The van der Waals surface area contributed by atoms with E-state index in [9.17, 15) is 15.0 Å². The van der Waals surface area contributed by atoms with Crippen LogP contribution in [0.25, 0.3) is 0 Å². The number of aliphatic carboxylic acids is 1. The molecule has 76 valence electrons. The van der Waals surface area contributed by atoms with E-state index in [2.05, 4.69) is 4.74 Å². The third kappa shape index (κ3) is 1.80. The van der Waals surface area contributed by atoms with Crippen LogP contribution in [0.15, 0.2) is 0 Å². The Balaban J connectivity index is 2.76. The third-order valence-corrected chi connectivity index (χ3v) is 2.18. The molecule has 0 aromatic rings. The fourth-order valence-corrected chi connectivity index (χ4v) is 1.22. The van der Waals surface area contributed by atoms with Gasteiger partial charge in [0.1, 0.15) is 6.10 Å². The van der Waals surface area contributed by atoms with Crippen LogP contribution in [0, 0.1) is 5.92 Å². The van der Waals surface area contributed by atoms with Crippen molar-refractivity contribution in [2.24, 2.45) is 5.92 Å². The fourth-order valence-electron chi connectivity index (χ4n) is 1.22. The van der Waals surface area contributed by atoms with Crippen molar-refractivity contribution in [1.82, 2.24) is 0 Å². The van der Waals surface area contributed by atoms with Crippen LogP contribution in [0.5, 0.6) is 0 Å². The Hall–Kier alpha value is -0.690. The lowest BCUT2D eigenvalue weighted by molar-refractivity contribution is -0.260. The molecule has 0 aromatic heterocycles. The van der Waals surface area contributed by atoms with Crippen LogP contribution in [0.4, 0.5) is 0 Å². The van der Waals surface area contributed by atoms with Gasteiger partial charge in [-0.25, -0.2) is 4.79 Å². The van der Waals surface area contributed by atoms with Gasteiger partial charge in [-0.05, 0) is 0 Å². The number of ether oxygens (including phenoxy) is 1. The van der Waals surface area contributed by atoms with Crippen LogP contribution in [0.3, 0.4) is 0 Å². The summed E-state index contributed by atoms with van der Waals surface area (Å²) in [6, 6.07) is 0. The Morgan fingerprint density at radius 1 is 1.23 bits per heavy atom. The quantitative estimate of drug-likeness (QED) is 0.388. The molecule has 1 aliphatic rings. The largest absolute Gasteiger partial charge is 0.479 e. The Labute approximate surface area is 74.4 Å². The van der Waals surface area contributed by atoms with Gasteiger partial charge in [0.2, 0.25) is 0 Å². The molecule has 0 amide bonds. The van der Waals surface area contributed by atoms with Gasteiger partial charge in [0.25, 0.3) is 0 Å². The number of aliphatic hydroxyl groups excluding tert-OH is 3. The van der Waals surface area contributed by atoms with Crippen LogP contribution in [0.1, 0.15) is 6.92 Å². The van der Waals surface area contributed by atoms with Gasteiger partial charge < -0.3 is 25.2 Å². The van der Waals surface area contributed by atoms with Crippen LogP contribution >= 0.6 is 0 Å². The molecule has 1 rings (SSSR count). The summed E-state index contributed by atoms with van der Waals surface area (Å²) in [7, 11) is 0. The molecule has 0 bridgehead atoms. The van der Waals surface area contributed by atoms with E-state index >= 15 is 0 Å². The number of carbonyl (C=O) groups is 1. The van der Waals surface area contributed by atoms with Crippen molar-refractivity contribution in [3.63, 3.8) is 0 Å². The summed E-state index contributed by atoms with van der Waals surface area (Å²) < 4.78 is 4.59. The maximum absolute atomic E-state index is 10.5. The van der Waals surface area contributed by atoms with E-state index in [1.54, 1.807) is 0 Å². The van der Waals surface area contributed by atoms with Gasteiger partial charge >= 0.3 is 5.97 Å². The summed E-state index contributed by atoms with van der Waals surface area (Å²) in [5.41, 5.74) is 0. The molecule has 13 heavy (non-hydrogen) atoms. The molecule has 0 saturated carbocycles. The number of rotatable bonds is 1. The second kappa shape index (κ2) is 3.59. The minimum atomic E-state index is -1.57. The Kier molecular flexibility index (Phi) is 2.87.